The predicted molar refractivity (Wildman–Crippen MR) is 95.1 cm³/mol. The van der Waals surface area contributed by atoms with Crippen molar-refractivity contribution in [3.8, 4) is 0 Å². The van der Waals surface area contributed by atoms with Gasteiger partial charge in [-0.3, -0.25) is 14.7 Å². The van der Waals surface area contributed by atoms with Crippen LogP contribution in [0.4, 0.5) is 0 Å². The van der Waals surface area contributed by atoms with Crippen LogP contribution in [0.3, 0.4) is 0 Å². The Balaban J connectivity index is 1.63. The smallest absolute Gasteiger partial charge is 0.248 e. The molecule has 2 fully saturated rings. The number of hydrogen-bond donors (Lipinski definition) is 0. The van der Waals surface area contributed by atoms with Gasteiger partial charge in [-0.05, 0) is 36.8 Å². The molecule has 1 atom stereocenters. The van der Waals surface area contributed by atoms with Crippen molar-refractivity contribution >= 4 is 5.91 Å². The molecule has 2 aliphatic rings. The third-order valence-electron chi connectivity index (χ3n) is 5.62. The Kier molecular flexibility index (Phi) is 6.04. The normalized spacial score (nSPS) is 23.3. The number of nitrogens with zero attached hydrogens (tertiary/aromatic N) is 3. The summed E-state index contributed by atoms with van der Waals surface area (Å²) < 4.78 is 10.5. The third kappa shape index (κ3) is 4.37. The van der Waals surface area contributed by atoms with Crippen molar-refractivity contribution in [1.82, 2.24) is 14.8 Å². The fraction of sp³-hybridized carbons (Fsp3) is 0.684. The van der Waals surface area contributed by atoms with Crippen LogP contribution in [0.2, 0.25) is 0 Å². The van der Waals surface area contributed by atoms with Crippen LogP contribution in [0.1, 0.15) is 25.0 Å². The standard InChI is InChI=1S/C19H29N3O3/c1-24-13-17-11-19(6-9-21(10-7-19)18(23)14-25-2)15-22(17)12-16-5-3-4-8-20-16/h3-5,8,17H,6-7,9-15H2,1-2H3/t17-/m0/s1. The van der Waals surface area contributed by atoms with Gasteiger partial charge in [0.05, 0.1) is 12.3 Å². The van der Waals surface area contributed by atoms with E-state index in [4.69, 9.17) is 9.47 Å². The minimum Gasteiger partial charge on any atom is -0.383 e. The van der Waals surface area contributed by atoms with E-state index in [-0.39, 0.29) is 12.5 Å². The second-order valence-corrected chi connectivity index (χ2v) is 7.35. The first kappa shape index (κ1) is 18.3. The zero-order valence-corrected chi connectivity index (χ0v) is 15.3. The van der Waals surface area contributed by atoms with Crippen molar-refractivity contribution < 1.29 is 14.3 Å². The van der Waals surface area contributed by atoms with E-state index in [1.54, 1.807) is 14.2 Å². The Morgan fingerprint density at radius 1 is 1.28 bits per heavy atom. The molecule has 0 bridgehead atoms. The number of carbonyl (C=O) groups is 1. The number of aromatic nitrogens is 1. The summed E-state index contributed by atoms with van der Waals surface area (Å²) in [5.41, 5.74) is 1.40. The Labute approximate surface area is 150 Å². The van der Waals surface area contributed by atoms with Crippen molar-refractivity contribution in [2.75, 3.05) is 47.1 Å². The molecule has 0 aliphatic carbocycles. The largest absolute Gasteiger partial charge is 0.383 e. The summed E-state index contributed by atoms with van der Waals surface area (Å²) in [6.45, 7) is 4.53. The lowest BCUT2D eigenvalue weighted by Gasteiger charge is -2.39. The molecular formula is C19H29N3O3. The number of amides is 1. The van der Waals surface area contributed by atoms with Gasteiger partial charge in [-0.25, -0.2) is 0 Å². The van der Waals surface area contributed by atoms with Crippen molar-refractivity contribution in [3.63, 3.8) is 0 Å². The molecule has 3 heterocycles. The molecule has 0 unspecified atom stereocenters. The van der Waals surface area contributed by atoms with E-state index in [0.29, 0.717) is 11.5 Å². The maximum absolute atomic E-state index is 12.0. The number of methoxy groups -OCH3 is 2. The average molecular weight is 347 g/mol. The summed E-state index contributed by atoms with van der Waals surface area (Å²) in [6, 6.07) is 6.50. The maximum Gasteiger partial charge on any atom is 0.248 e. The molecule has 0 N–H and O–H groups in total. The van der Waals surface area contributed by atoms with Crippen LogP contribution in [0.5, 0.6) is 0 Å². The highest BCUT2D eigenvalue weighted by Gasteiger charge is 2.45. The summed E-state index contributed by atoms with van der Waals surface area (Å²) >= 11 is 0. The van der Waals surface area contributed by atoms with E-state index in [2.05, 4.69) is 16.0 Å². The van der Waals surface area contributed by atoms with Gasteiger partial charge < -0.3 is 14.4 Å². The van der Waals surface area contributed by atoms with Crippen LogP contribution in [-0.4, -0.2) is 73.8 Å². The number of piperidine rings is 1. The summed E-state index contributed by atoms with van der Waals surface area (Å²) in [5.74, 6) is 0.106. The molecule has 3 rings (SSSR count). The number of rotatable bonds is 6. The van der Waals surface area contributed by atoms with Gasteiger partial charge in [-0.2, -0.15) is 0 Å². The van der Waals surface area contributed by atoms with E-state index in [1.165, 1.54) is 0 Å². The fourth-order valence-corrected chi connectivity index (χ4v) is 4.30. The summed E-state index contributed by atoms with van der Waals surface area (Å²) in [5, 5.41) is 0. The molecule has 25 heavy (non-hydrogen) atoms. The maximum atomic E-state index is 12.0. The van der Waals surface area contributed by atoms with Crippen LogP contribution in [0.25, 0.3) is 0 Å². The minimum absolute atomic E-state index is 0.106. The monoisotopic (exact) mass is 347 g/mol. The van der Waals surface area contributed by atoms with Crippen LogP contribution >= 0.6 is 0 Å². The van der Waals surface area contributed by atoms with Crippen LogP contribution in [-0.2, 0) is 20.8 Å². The van der Waals surface area contributed by atoms with Gasteiger partial charge in [0.2, 0.25) is 5.91 Å². The highest BCUT2D eigenvalue weighted by atomic mass is 16.5. The van der Waals surface area contributed by atoms with Crippen molar-refractivity contribution in [2.45, 2.75) is 31.8 Å². The van der Waals surface area contributed by atoms with E-state index in [1.807, 2.05) is 23.2 Å². The third-order valence-corrected chi connectivity index (χ3v) is 5.62. The topological polar surface area (TPSA) is 54.9 Å². The molecule has 138 valence electrons. The number of likely N-dealkylation sites (tertiary alicyclic amines) is 2. The van der Waals surface area contributed by atoms with E-state index in [9.17, 15) is 4.79 Å². The van der Waals surface area contributed by atoms with Gasteiger partial charge in [0.1, 0.15) is 6.61 Å². The number of hydrogen-bond acceptors (Lipinski definition) is 5. The quantitative estimate of drug-likeness (QED) is 0.782. The van der Waals surface area contributed by atoms with Gasteiger partial charge >= 0.3 is 0 Å². The van der Waals surface area contributed by atoms with E-state index in [0.717, 1.165) is 57.7 Å². The zero-order chi connectivity index (χ0) is 17.7. The lowest BCUT2D eigenvalue weighted by atomic mass is 9.76. The SMILES string of the molecule is COCC(=O)N1CCC2(CC1)C[C@@H](COC)N(Cc1ccccn1)C2. The molecule has 1 spiro atoms. The van der Waals surface area contributed by atoms with E-state index < -0.39 is 0 Å². The molecular weight excluding hydrogens is 318 g/mol. The lowest BCUT2D eigenvalue weighted by Crippen LogP contribution is -2.45. The Morgan fingerprint density at radius 3 is 2.72 bits per heavy atom. The van der Waals surface area contributed by atoms with Gasteiger partial charge in [0, 0.05) is 52.6 Å². The fourth-order valence-electron chi connectivity index (χ4n) is 4.30. The molecule has 2 aliphatic heterocycles. The summed E-state index contributed by atoms with van der Waals surface area (Å²) in [4.78, 5) is 21.0. The number of pyridine rings is 1. The molecule has 0 saturated carbocycles. The van der Waals surface area contributed by atoms with Gasteiger partial charge in [0.15, 0.2) is 0 Å². The highest BCUT2D eigenvalue weighted by molar-refractivity contribution is 5.77. The zero-order valence-electron chi connectivity index (χ0n) is 15.3. The predicted octanol–water partition coefficient (Wildman–Crippen LogP) is 1.56. The van der Waals surface area contributed by atoms with Gasteiger partial charge in [0.25, 0.3) is 0 Å². The average Bonchev–Trinajstić information content (AvgIpc) is 2.94. The molecule has 1 aromatic rings. The molecule has 1 amide bonds. The van der Waals surface area contributed by atoms with Crippen LogP contribution in [0, 0.1) is 5.41 Å². The first-order valence-electron chi connectivity index (χ1n) is 9.05. The first-order valence-corrected chi connectivity index (χ1v) is 9.05. The summed E-state index contributed by atoms with van der Waals surface area (Å²) in [6.07, 6.45) is 5.11. The van der Waals surface area contributed by atoms with Crippen LogP contribution < -0.4 is 0 Å². The van der Waals surface area contributed by atoms with Crippen LogP contribution in [0.15, 0.2) is 24.4 Å². The minimum atomic E-state index is 0.106. The Bertz CT molecular complexity index is 558. The molecule has 1 aromatic heterocycles. The van der Waals surface area contributed by atoms with Gasteiger partial charge in [-0.15, -0.1) is 0 Å². The number of carbonyl (C=O) groups excluding carboxylic acids is 1. The molecule has 6 nitrogen and oxygen atoms in total. The van der Waals surface area contributed by atoms with Gasteiger partial charge in [-0.1, -0.05) is 6.07 Å². The second-order valence-electron chi connectivity index (χ2n) is 7.35. The lowest BCUT2D eigenvalue weighted by molar-refractivity contribution is -0.137. The molecule has 0 aromatic carbocycles. The Hall–Kier alpha value is -1.50. The second kappa shape index (κ2) is 8.25. The van der Waals surface area contributed by atoms with Crippen molar-refractivity contribution in [3.05, 3.63) is 30.1 Å². The first-order chi connectivity index (χ1) is 12.2. The van der Waals surface area contributed by atoms with Crippen molar-refractivity contribution in [1.29, 1.82) is 0 Å². The Morgan fingerprint density at radius 2 is 2.08 bits per heavy atom. The molecule has 6 heteroatoms. The van der Waals surface area contributed by atoms with Crippen molar-refractivity contribution in [2.24, 2.45) is 5.41 Å². The van der Waals surface area contributed by atoms with E-state index >= 15 is 0 Å². The molecule has 0 radical (unpaired) electrons. The highest BCUT2D eigenvalue weighted by Crippen LogP contribution is 2.43. The summed E-state index contributed by atoms with van der Waals surface area (Å²) in [7, 11) is 3.35. The number of ether oxygens (including phenoxy) is 2. The molecule has 2 saturated heterocycles.